The summed E-state index contributed by atoms with van der Waals surface area (Å²) < 4.78 is 0. The van der Waals surface area contributed by atoms with E-state index in [0.717, 1.165) is 12.0 Å². The smallest absolute Gasteiger partial charge is 0.00885 e. The molecule has 0 aromatic heterocycles. The Hall–Kier alpha value is -1.56. The van der Waals surface area contributed by atoms with E-state index in [2.05, 4.69) is 51.0 Å². The molecule has 0 fully saturated rings. The first-order valence-electron chi connectivity index (χ1n) is 5.10. The van der Waals surface area contributed by atoms with Crippen molar-refractivity contribution in [3.8, 4) is 0 Å². The van der Waals surface area contributed by atoms with Gasteiger partial charge in [-0.15, -0.1) is 13.2 Å². The molecular formula is C15H20. The van der Waals surface area contributed by atoms with Crippen molar-refractivity contribution in [2.45, 2.75) is 20.3 Å². The van der Waals surface area contributed by atoms with Gasteiger partial charge in [0, 0.05) is 0 Å². The maximum absolute atomic E-state index is 4.02. The molecular weight excluding hydrogens is 180 g/mol. The average molecular weight is 200 g/mol. The standard InChI is InChI=1S/C13H16.C2H4/c1-4-6-12(3)13-8-5-7-11(2)9-10-13;1-2/h4-7,9-10H,3,8H2,1-2H3;1-2H2/b6-4-;. The number of allylic oxidation sites excluding steroid dienone is 9. The Morgan fingerprint density at radius 2 is 2.00 bits per heavy atom. The Morgan fingerprint density at radius 1 is 1.33 bits per heavy atom. The molecule has 0 spiro atoms. The van der Waals surface area contributed by atoms with Crippen LogP contribution in [0.1, 0.15) is 20.3 Å². The third-order valence-corrected chi connectivity index (χ3v) is 2.05. The number of hydrogen-bond donors (Lipinski definition) is 0. The zero-order chi connectivity index (χ0) is 11.7. The van der Waals surface area contributed by atoms with E-state index in [-0.39, 0.29) is 0 Å². The molecule has 0 nitrogen and oxygen atoms in total. The van der Waals surface area contributed by atoms with Crippen molar-refractivity contribution >= 4 is 0 Å². The van der Waals surface area contributed by atoms with Crippen molar-refractivity contribution in [1.29, 1.82) is 0 Å². The third-order valence-electron chi connectivity index (χ3n) is 2.05. The summed E-state index contributed by atoms with van der Waals surface area (Å²) in [6.07, 6.45) is 13.7. The van der Waals surface area contributed by atoms with E-state index in [9.17, 15) is 0 Å². The molecule has 0 heterocycles. The summed E-state index contributed by atoms with van der Waals surface area (Å²) in [6.45, 7) is 14.1. The van der Waals surface area contributed by atoms with Crippen LogP contribution in [0.4, 0.5) is 0 Å². The highest BCUT2D eigenvalue weighted by Gasteiger charge is 1.98. The Balaban J connectivity index is 0.000000921. The average Bonchev–Trinajstić information content (AvgIpc) is 2.46. The van der Waals surface area contributed by atoms with Gasteiger partial charge < -0.3 is 0 Å². The summed E-state index contributed by atoms with van der Waals surface area (Å²) in [5.41, 5.74) is 3.70. The number of rotatable bonds is 2. The lowest BCUT2D eigenvalue weighted by atomic mass is 10.0. The van der Waals surface area contributed by atoms with Gasteiger partial charge in [-0.05, 0) is 31.4 Å². The van der Waals surface area contributed by atoms with Crippen LogP contribution < -0.4 is 0 Å². The molecule has 0 bridgehead atoms. The topological polar surface area (TPSA) is 0 Å². The van der Waals surface area contributed by atoms with Gasteiger partial charge >= 0.3 is 0 Å². The van der Waals surface area contributed by atoms with Gasteiger partial charge in [0.1, 0.15) is 0 Å². The zero-order valence-electron chi connectivity index (χ0n) is 9.79. The molecule has 15 heavy (non-hydrogen) atoms. The predicted octanol–water partition coefficient (Wildman–Crippen LogP) is 4.75. The van der Waals surface area contributed by atoms with E-state index >= 15 is 0 Å². The van der Waals surface area contributed by atoms with Crippen molar-refractivity contribution in [1.82, 2.24) is 0 Å². The van der Waals surface area contributed by atoms with Crippen LogP contribution in [0, 0.1) is 0 Å². The van der Waals surface area contributed by atoms with Crippen LogP contribution >= 0.6 is 0 Å². The predicted molar refractivity (Wildman–Crippen MR) is 70.8 cm³/mol. The second-order valence-corrected chi connectivity index (χ2v) is 3.23. The van der Waals surface area contributed by atoms with E-state index in [4.69, 9.17) is 0 Å². The van der Waals surface area contributed by atoms with Crippen molar-refractivity contribution in [3.05, 3.63) is 72.9 Å². The molecule has 0 aliphatic heterocycles. The van der Waals surface area contributed by atoms with Crippen molar-refractivity contribution < 1.29 is 0 Å². The summed E-state index contributed by atoms with van der Waals surface area (Å²) in [4.78, 5) is 0. The van der Waals surface area contributed by atoms with Crippen molar-refractivity contribution in [2.24, 2.45) is 0 Å². The van der Waals surface area contributed by atoms with Crippen LogP contribution in [0.25, 0.3) is 0 Å². The van der Waals surface area contributed by atoms with Gasteiger partial charge in [0.25, 0.3) is 0 Å². The van der Waals surface area contributed by atoms with Crippen LogP contribution in [-0.4, -0.2) is 0 Å². The first kappa shape index (κ1) is 13.4. The Morgan fingerprint density at radius 3 is 2.60 bits per heavy atom. The molecule has 0 saturated carbocycles. The van der Waals surface area contributed by atoms with E-state index < -0.39 is 0 Å². The molecule has 0 radical (unpaired) electrons. The fourth-order valence-electron chi connectivity index (χ4n) is 1.27. The summed E-state index contributed by atoms with van der Waals surface area (Å²) in [6, 6.07) is 0. The molecule has 0 unspecified atom stereocenters. The second kappa shape index (κ2) is 7.81. The first-order valence-corrected chi connectivity index (χ1v) is 5.10. The van der Waals surface area contributed by atoms with Crippen LogP contribution in [0.15, 0.2) is 72.9 Å². The SMILES string of the molecule is C=C.C=C(/C=C\C)C1=CC=C(C)C=CC1. The van der Waals surface area contributed by atoms with Gasteiger partial charge in [-0.1, -0.05) is 48.6 Å². The van der Waals surface area contributed by atoms with Gasteiger partial charge in [-0.3, -0.25) is 0 Å². The molecule has 0 N–H and O–H groups in total. The molecule has 0 amide bonds. The van der Waals surface area contributed by atoms with Crippen molar-refractivity contribution in [2.75, 3.05) is 0 Å². The fourth-order valence-corrected chi connectivity index (χ4v) is 1.27. The van der Waals surface area contributed by atoms with Gasteiger partial charge in [-0.25, -0.2) is 0 Å². The van der Waals surface area contributed by atoms with Gasteiger partial charge in [0.15, 0.2) is 0 Å². The fraction of sp³-hybridized carbons (Fsp3) is 0.200. The lowest BCUT2D eigenvalue weighted by molar-refractivity contribution is 1.25. The molecule has 0 heteroatoms. The molecule has 1 aliphatic rings. The molecule has 1 aliphatic carbocycles. The highest BCUT2D eigenvalue weighted by atomic mass is 14.0. The highest BCUT2D eigenvalue weighted by molar-refractivity contribution is 5.43. The molecule has 0 atom stereocenters. The molecule has 0 aromatic carbocycles. The molecule has 0 saturated heterocycles. The van der Waals surface area contributed by atoms with E-state index in [0.29, 0.717) is 0 Å². The molecule has 80 valence electrons. The normalized spacial score (nSPS) is 14.8. The first-order chi connectivity index (χ1) is 7.24. The maximum atomic E-state index is 4.02. The quantitative estimate of drug-likeness (QED) is 0.445. The largest absolute Gasteiger partial charge is 0.106 e. The summed E-state index contributed by atoms with van der Waals surface area (Å²) in [7, 11) is 0. The third kappa shape index (κ3) is 5.02. The van der Waals surface area contributed by atoms with Crippen LogP contribution in [0.2, 0.25) is 0 Å². The van der Waals surface area contributed by atoms with Crippen molar-refractivity contribution in [3.63, 3.8) is 0 Å². The van der Waals surface area contributed by atoms with E-state index in [1.54, 1.807) is 0 Å². The zero-order valence-corrected chi connectivity index (χ0v) is 9.79. The monoisotopic (exact) mass is 200 g/mol. The summed E-state index contributed by atoms with van der Waals surface area (Å²) in [5.74, 6) is 0. The Labute approximate surface area is 93.7 Å². The summed E-state index contributed by atoms with van der Waals surface area (Å²) in [5, 5.41) is 0. The van der Waals surface area contributed by atoms with Crippen LogP contribution in [0.5, 0.6) is 0 Å². The van der Waals surface area contributed by atoms with E-state index in [1.807, 2.05) is 19.1 Å². The Bertz CT molecular complexity index is 322. The second-order valence-electron chi connectivity index (χ2n) is 3.23. The van der Waals surface area contributed by atoms with Gasteiger partial charge in [0.2, 0.25) is 0 Å². The summed E-state index contributed by atoms with van der Waals surface area (Å²) >= 11 is 0. The highest BCUT2D eigenvalue weighted by Crippen LogP contribution is 2.18. The lowest BCUT2D eigenvalue weighted by Crippen LogP contribution is -1.82. The molecule has 1 rings (SSSR count). The Kier molecular flexibility index (Phi) is 7.00. The lowest BCUT2D eigenvalue weighted by Gasteiger charge is -2.01. The molecule has 0 aromatic rings. The number of hydrogen-bond acceptors (Lipinski definition) is 0. The van der Waals surface area contributed by atoms with Gasteiger partial charge in [-0.2, -0.15) is 0 Å². The van der Waals surface area contributed by atoms with Crippen LogP contribution in [-0.2, 0) is 0 Å². The maximum Gasteiger partial charge on any atom is -0.00885 e. The van der Waals surface area contributed by atoms with Crippen LogP contribution in [0.3, 0.4) is 0 Å². The van der Waals surface area contributed by atoms with E-state index in [1.165, 1.54) is 11.1 Å². The minimum atomic E-state index is 0.983. The minimum Gasteiger partial charge on any atom is -0.106 e. The minimum absolute atomic E-state index is 0.983. The van der Waals surface area contributed by atoms with Gasteiger partial charge in [0.05, 0.1) is 0 Å².